The molecule has 0 unspecified atom stereocenters. The monoisotopic (exact) mass is 224 g/mol. The highest BCUT2D eigenvalue weighted by Crippen LogP contribution is 2.13. The molecule has 0 saturated carbocycles. The number of rotatable bonds is 3. The van der Waals surface area contributed by atoms with Crippen molar-refractivity contribution in [2.75, 3.05) is 17.2 Å². The van der Waals surface area contributed by atoms with E-state index in [0.717, 1.165) is 0 Å². The summed E-state index contributed by atoms with van der Waals surface area (Å²) in [4.78, 5) is 21.3. The third-order valence-electron chi connectivity index (χ3n) is 1.66. The van der Waals surface area contributed by atoms with Crippen LogP contribution in [0, 0.1) is 0 Å². The maximum absolute atomic E-state index is 11.0. The van der Waals surface area contributed by atoms with E-state index in [4.69, 9.17) is 5.11 Å². The molecule has 0 aliphatic rings. The number of carboxylic acid groups (broad SMARTS) is 1. The molecule has 0 heterocycles. The van der Waals surface area contributed by atoms with Gasteiger partial charge in [-0.25, -0.2) is 9.59 Å². The molecule has 0 aromatic heterocycles. The average molecular weight is 224 g/mol. The van der Waals surface area contributed by atoms with Gasteiger partial charge in [0.1, 0.15) is 0 Å². The van der Waals surface area contributed by atoms with Gasteiger partial charge in [0.05, 0.1) is 6.61 Å². The maximum Gasteiger partial charge on any atom is 0.411 e. The summed E-state index contributed by atoms with van der Waals surface area (Å²) in [7, 11) is 0. The number of nitrogens with one attached hydrogen (secondary N) is 2. The molecule has 0 aliphatic heterocycles. The summed E-state index contributed by atoms with van der Waals surface area (Å²) in [6.45, 7) is 2.00. The van der Waals surface area contributed by atoms with Crippen LogP contribution in [0.2, 0.25) is 0 Å². The molecule has 6 heteroatoms. The zero-order chi connectivity index (χ0) is 12.0. The molecule has 0 saturated heterocycles. The van der Waals surface area contributed by atoms with Crippen molar-refractivity contribution in [2.45, 2.75) is 6.92 Å². The predicted octanol–water partition coefficient (Wildman–Crippen LogP) is 2.34. The highest BCUT2D eigenvalue weighted by Gasteiger charge is 2.02. The minimum atomic E-state index is -1.13. The SMILES string of the molecule is CCOC(=O)Nc1ccc(NC(=O)O)cc1. The van der Waals surface area contributed by atoms with Crippen LogP contribution in [-0.4, -0.2) is 23.9 Å². The molecule has 0 radical (unpaired) electrons. The van der Waals surface area contributed by atoms with E-state index in [9.17, 15) is 9.59 Å². The number of hydrogen-bond acceptors (Lipinski definition) is 3. The fourth-order valence-electron chi connectivity index (χ4n) is 1.05. The van der Waals surface area contributed by atoms with Gasteiger partial charge in [0.15, 0.2) is 0 Å². The Morgan fingerprint density at radius 2 is 1.69 bits per heavy atom. The van der Waals surface area contributed by atoms with Gasteiger partial charge in [-0.3, -0.25) is 10.6 Å². The first-order valence-corrected chi connectivity index (χ1v) is 4.65. The van der Waals surface area contributed by atoms with Gasteiger partial charge >= 0.3 is 12.2 Å². The van der Waals surface area contributed by atoms with Gasteiger partial charge in [-0.05, 0) is 31.2 Å². The molecule has 2 amide bonds. The van der Waals surface area contributed by atoms with E-state index in [0.29, 0.717) is 18.0 Å². The van der Waals surface area contributed by atoms with Crippen LogP contribution in [0.15, 0.2) is 24.3 Å². The predicted molar refractivity (Wildman–Crippen MR) is 58.7 cm³/mol. The Labute approximate surface area is 92.2 Å². The molecule has 1 aromatic rings. The van der Waals surface area contributed by atoms with Gasteiger partial charge in [-0.1, -0.05) is 0 Å². The molecular formula is C10H12N2O4. The van der Waals surface area contributed by atoms with E-state index in [-0.39, 0.29) is 0 Å². The molecule has 16 heavy (non-hydrogen) atoms. The minimum absolute atomic E-state index is 0.296. The topological polar surface area (TPSA) is 87.7 Å². The van der Waals surface area contributed by atoms with E-state index in [1.165, 1.54) is 12.1 Å². The smallest absolute Gasteiger partial charge is 0.411 e. The average Bonchev–Trinajstić information content (AvgIpc) is 2.20. The Morgan fingerprint density at radius 1 is 1.19 bits per heavy atom. The van der Waals surface area contributed by atoms with Gasteiger partial charge in [-0.2, -0.15) is 0 Å². The lowest BCUT2D eigenvalue weighted by molar-refractivity contribution is 0.168. The second-order valence-electron chi connectivity index (χ2n) is 2.85. The van der Waals surface area contributed by atoms with E-state index < -0.39 is 12.2 Å². The summed E-state index contributed by atoms with van der Waals surface area (Å²) < 4.78 is 4.68. The molecule has 6 nitrogen and oxygen atoms in total. The molecule has 0 fully saturated rings. The summed E-state index contributed by atoms with van der Waals surface area (Å²) >= 11 is 0. The molecule has 0 bridgehead atoms. The summed E-state index contributed by atoms with van der Waals surface area (Å²) in [5.41, 5.74) is 0.969. The molecule has 1 aromatic carbocycles. The third-order valence-corrected chi connectivity index (χ3v) is 1.66. The lowest BCUT2D eigenvalue weighted by Crippen LogP contribution is -2.13. The van der Waals surface area contributed by atoms with Crippen LogP contribution in [0.5, 0.6) is 0 Å². The van der Waals surface area contributed by atoms with Crippen LogP contribution < -0.4 is 10.6 Å². The highest BCUT2D eigenvalue weighted by molar-refractivity contribution is 5.86. The molecule has 0 atom stereocenters. The Morgan fingerprint density at radius 3 is 2.12 bits per heavy atom. The third kappa shape index (κ3) is 3.87. The van der Waals surface area contributed by atoms with Crippen LogP contribution in [0.25, 0.3) is 0 Å². The number of benzene rings is 1. The van der Waals surface area contributed by atoms with Crippen molar-refractivity contribution in [3.05, 3.63) is 24.3 Å². The number of anilines is 2. The van der Waals surface area contributed by atoms with E-state index in [1.54, 1.807) is 19.1 Å². The molecule has 0 aliphatic carbocycles. The van der Waals surface area contributed by atoms with Crippen molar-refractivity contribution in [3.63, 3.8) is 0 Å². The lowest BCUT2D eigenvalue weighted by Gasteiger charge is -2.06. The van der Waals surface area contributed by atoms with Gasteiger partial charge in [0.2, 0.25) is 0 Å². The largest absolute Gasteiger partial charge is 0.465 e. The summed E-state index contributed by atoms with van der Waals surface area (Å²) in [6.07, 6.45) is -1.67. The molecule has 3 N–H and O–H groups in total. The number of hydrogen-bond donors (Lipinski definition) is 3. The summed E-state index contributed by atoms with van der Waals surface area (Å²) in [5.74, 6) is 0. The summed E-state index contributed by atoms with van der Waals surface area (Å²) in [5, 5.41) is 13.1. The normalized spacial score (nSPS) is 9.31. The Balaban J connectivity index is 2.57. The molecular weight excluding hydrogens is 212 g/mol. The van der Waals surface area contributed by atoms with Crippen molar-refractivity contribution < 1.29 is 19.4 Å². The second-order valence-corrected chi connectivity index (χ2v) is 2.85. The number of carbonyl (C=O) groups excluding carboxylic acids is 1. The first-order valence-electron chi connectivity index (χ1n) is 4.65. The minimum Gasteiger partial charge on any atom is -0.465 e. The first kappa shape index (κ1) is 11.8. The van der Waals surface area contributed by atoms with Crippen LogP contribution in [0.4, 0.5) is 21.0 Å². The van der Waals surface area contributed by atoms with Crippen molar-refractivity contribution in [2.24, 2.45) is 0 Å². The molecule has 86 valence electrons. The quantitative estimate of drug-likeness (QED) is 0.735. The highest BCUT2D eigenvalue weighted by atomic mass is 16.5. The zero-order valence-electron chi connectivity index (χ0n) is 8.69. The van der Waals surface area contributed by atoms with Crippen molar-refractivity contribution >= 4 is 23.6 Å². The Bertz CT molecular complexity index is 375. The van der Waals surface area contributed by atoms with Crippen molar-refractivity contribution in [1.29, 1.82) is 0 Å². The van der Waals surface area contributed by atoms with Gasteiger partial charge < -0.3 is 9.84 Å². The first-order chi connectivity index (χ1) is 7.61. The Hall–Kier alpha value is -2.24. The fraction of sp³-hybridized carbons (Fsp3) is 0.200. The van der Waals surface area contributed by atoms with Crippen LogP contribution >= 0.6 is 0 Å². The fourth-order valence-corrected chi connectivity index (χ4v) is 1.05. The van der Waals surface area contributed by atoms with E-state index in [1.807, 2.05) is 0 Å². The number of amides is 2. The summed E-state index contributed by atoms with van der Waals surface area (Å²) in [6, 6.07) is 6.22. The van der Waals surface area contributed by atoms with Crippen LogP contribution in [0.1, 0.15) is 6.92 Å². The standard InChI is InChI=1S/C10H12N2O4/c1-2-16-10(15)12-8-5-3-7(4-6-8)11-9(13)14/h3-6,11H,2H2,1H3,(H,12,15)(H,13,14). The van der Waals surface area contributed by atoms with Gasteiger partial charge in [0.25, 0.3) is 0 Å². The molecule has 1 rings (SSSR count). The lowest BCUT2D eigenvalue weighted by atomic mass is 10.3. The number of ether oxygens (including phenoxy) is 1. The molecule has 0 spiro atoms. The van der Waals surface area contributed by atoms with Crippen molar-refractivity contribution in [1.82, 2.24) is 0 Å². The Kier molecular flexibility index (Phi) is 4.14. The van der Waals surface area contributed by atoms with Gasteiger partial charge in [0, 0.05) is 11.4 Å². The van der Waals surface area contributed by atoms with Crippen LogP contribution in [-0.2, 0) is 4.74 Å². The van der Waals surface area contributed by atoms with Crippen molar-refractivity contribution in [3.8, 4) is 0 Å². The number of carbonyl (C=O) groups is 2. The zero-order valence-corrected chi connectivity index (χ0v) is 8.69. The van der Waals surface area contributed by atoms with Gasteiger partial charge in [-0.15, -0.1) is 0 Å². The maximum atomic E-state index is 11.0. The second kappa shape index (κ2) is 5.59. The van der Waals surface area contributed by atoms with Crippen LogP contribution in [0.3, 0.4) is 0 Å². The van der Waals surface area contributed by atoms with E-state index >= 15 is 0 Å². The van der Waals surface area contributed by atoms with E-state index in [2.05, 4.69) is 15.4 Å².